The van der Waals surface area contributed by atoms with Crippen molar-refractivity contribution in [2.45, 2.75) is 12.8 Å². The minimum atomic E-state index is -0.298. The molecule has 23 heavy (non-hydrogen) atoms. The van der Waals surface area contributed by atoms with Crippen LogP contribution in [0, 0.1) is 5.82 Å². The van der Waals surface area contributed by atoms with Crippen LogP contribution < -0.4 is 15.1 Å². The van der Waals surface area contributed by atoms with Gasteiger partial charge in [0, 0.05) is 27.2 Å². The van der Waals surface area contributed by atoms with E-state index in [0.29, 0.717) is 16.7 Å². The van der Waals surface area contributed by atoms with Gasteiger partial charge < -0.3 is 15.1 Å². The number of hydrogen-bond donors (Lipinski definition) is 1. The average Bonchev–Trinajstić information content (AvgIpc) is 2.92. The summed E-state index contributed by atoms with van der Waals surface area (Å²) >= 11 is 1.36. The number of rotatable bonds is 3. The van der Waals surface area contributed by atoms with Crippen LogP contribution in [0.1, 0.15) is 11.4 Å². The normalized spacial score (nSPS) is 14.4. The van der Waals surface area contributed by atoms with Gasteiger partial charge in [-0.15, -0.1) is 10.2 Å². The van der Waals surface area contributed by atoms with Crippen LogP contribution in [-0.2, 0) is 11.2 Å². The number of nitrogens with one attached hydrogen (secondary N) is 1. The van der Waals surface area contributed by atoms with Crippen molar-refractivity contribution in [2.24, 2.45) is 0 Å². The lowest BCUT2D eigenvalue weighted by atomic mass is 10.2. The zero-order valence-corrected chi connectivity index (χ0v) is 13.9. The molecule has 1 amide bonds. The molecular formula is C15H18FN5OS. The van der Waals surface area contributed by atoms with E-state index >= 15 is 0 Å². The Morgan fingerprint density at radius 2 is 2.17 bits per heavy atom. The Hall–Kier alpha value is -2.22. The Kier molecular flexibility index (Phi) is 4.42. The Bertz CT molecular complexity index is 720. The standard InChI is InChI=1S/C15H18FN5OS/c1-17-15-19-18-13(23-15)9-14(22)21-7-3-6-20(2)12-8-10(16)4-5-11(12)21/h4-5,8H,3,6-7,9H2,1-2H3,(H,17,19). The van der Waals surface area contributed by atoms with Crippen molar-refractivity contribution in [3.63, 3.8) is 0 Å². The summed E-state index contributed by atoms with van der Waals surface area (Å²) in [5.41, 5.74) is 1.48. The minimum Gasteiger partial charge on any atom is -0.373 e. The number of nitrogens with zero attached hydrogens (tertiary/aromatic N) is 4. The Labute approximate surface area is 137 Å². The molecule has 1 aromatic carbocycles. The molecule has 1 aliphatic rings. The van der Waals surface area contributed by atoms with Crippen molar-refractivity contribution in [3.05, 3.63) is 29.0 Å². The average molecular weight is 335 g/mol. The highest BCUT2D eigenvalue weighted by molar-refractivity contribution is 7.15. The number of hydrogen-bond acceptors (Lipinski definition) is 6. The van der Waals surface area contributed by atoms with Gasteiger partial charge in [-0.1, -0.05) is 11.3 Å². The summed E-state index contributed by atoms with van der Waals surface area (Å²) in [7, 11) is 3.68. The first kappa shape index (κ1) is 15.7. The van der Waals surface area contributed by atoms with Gasteiger partial charge in [-0.3, -0.25) is 4.79 Å². The van der Waals surface area contributed by atoms with Crippen LogP contribution in [0.15, 0.2) is 18.2 Å². The predicted molar refractivity (Wildman–Crippen MR) is 89.8 cm³/mol. The first-order chi connectivity index (χ1) is 11.1. The smallest absolute Gasteiger partial charge is 0.234 e. The topological polar surface area (TPSA) is 61.4 Å². The number of benzene rings is 1. The van der Waals surface area contributed by atoms with Crippen molar-refractivity contribution in [1.29, 1.82) is 0 Å². The molecule has 0 atom stereocenters. The molecule has 6 nitrogen and oxygen atoms in total. The molecule has 0 spiro atoms. The molecule has 1 aromatic heterocycles. The number of halogens is 1. The van der Waals surface area contributed by atoms with E-state index in [1.807, 2.05) is 11.9 Å². The summed E-state index contributed by atoms with van der Waals surface area (Å²) in [6.45, 7) is 1.39. The fourth-order valence-electron chi connectivity index (χ4n) is 2.65. The van der Waals surface area contributed by atoms with E-state index in [1.54, 1.807) is 18.0 Å². The molecule has 2 heterocycles. The fourth-order valence-corrected chi connectivity index (χ4v) is 3.33. The number of carbonyl (C=O) groups excluding carboxylic acids is 1. The van der Waals surface area contributed by atoms with Crippen LogP contribution in [0.4, 0.5) is 20.9 Å². The molecule has 0 fully saturated rings. The second-order valence-corrected chi connectivity index (χ2v) is 6.44. The van der Waals surface area contributed by atoms with Gasteiger partial charge in [0.1, 0.15) is 10.8 Å². The highest BCUT2D eigenvalue weighted by Crippen LogP contribution is 2.32. The van der Waals surface area contributed by atoms with E-state index in [-0.39, 0.29) is 18.1 Å². The molecule has 0 unspecified atom stereocenters. The van der Waals surface area contributed by atoms with Gasteiger partial charge in [0.25, 0.3) is 0 Å². The van der Waals surface area contributed by atoms with Gasteiger partial charge in [0.15, 0.2) is 0 Å². The number of aromatic nitrogens is 2. The second-order valence-electron chi connectivity index (χ2n) is 5.38. The van der Waals surface area contributed by atoms with Gasteiger partial charge in [-0.2, -0.15) is 0 Å². The molecule has 8 heteroatoms. The van der Waals surface area contributed by atoms with Crippen molar-refractivity contribution in [2.75, 3.05) is 42.3 Å². The number of fused-ring (bicyclic) bond motifs is 1. The summed E-state index contributed by atoms with van der Waals surface area (Å²) in [4.78, 5) is 16.4. The molecule has 0 saturated heterocycles. The van der Waals surface area contributed by atoms with Gasteiger partial charge in [-0.25, -0.2) is 4.39 Å². The number of amides is 1. The van der Waals surface area contributed by atoms with E-state index in [1.165, 1.54) is 23.5 Å². The first-order valence-corrected chi connectivity index (χ1v) is 8.21. The first-order valence-electron chi connectivity index (χ1n) is 7.39. The molecule has 0 aliphatic carbocycles. The SMILES string of the molecule is CNc1nnc(CC(=O)N2CCCN(C)c3cc(F)ccc32)s1. The third-order valence-corrected chi connectivity index (χ3v) is 4.74. The Balaban J connectivity index is 1.86. The zero-order valence-electron chi connectivity index (χ0n) is 13.0. The number of anilines is 3. The minimum absolute atomic E-state index is 0.0491. The third kappa shape index (κ3) is 3.26. The predicted octanol–water partition coefficient (Wildman–Crippen LogP) is 2.13. The van der Waals surface area contributed by atoms with Crippen molar-refractivity contribution < 1.29 is 9.18 Å². The van der Waals surface area contributed by atoms with Gasteiger partial charge in [-0.05, 0) is 24.6 Å². The zero-order chi connectivity index (χ0) is 16.4. The summed E-state index contributed by atoms with van der Waals surface area (Å²) < 4.78 is 13.6. The quantitative estimate of drug-likeness (QED) is 0.931. The van der Waals surface area contributed by atoms with E-state index in [2.05, 4.69) is 15.5 Å². The lowest BCUT2D eigenvalue weighted by molar-refractivity contribution is -0.118. The molecule has 1 aliphatic heterocycles. The fraction of sp³-hybridized carbons (Fsp3) is 0.400. The van der Waals surface area contributed by atoms with Gasteiger partial charge >= 0.3 is 0 Å². The largest absolute Gasteiger partial charge is 0.373 e. The lowest BCUT2D eigenvalue weighted by Crippen LogP contribution is -2.32. The van der Waals surface area contributed by atoms with Crippen molar-refractivity contribution >= 4 is 33.8 Å². The third-order valence-electron chi connectivity index (χ3n) is 3.80. The molecular weight excluding hydrogens is 317 g/mol. The lowest BCUT2D eigenvalue weighted by Gasteiger charge is -2.24. The van der Waals surface area contributed by atoms with Crippen LogP contribution in [0.3, 0.4) is 0 Å². The Morgan fingerprint density at radius 1 is 1.35 bits per heavy atom. The summed E-state index contributed by atoms with van der Waals surface area (Å²) in [5.74, 6) is -0.348. The second kappa shape index (κ2) is 6.49. The van der Waals surface area contributed by atoms with Crippen LogP contribution >= 0.6 is 11.3 Å². The van der Waals surface area contributed by atoms with E-state index < -0.39 is 0 Å². The van der Waals surface area contributed by atoms with Crippen LogP contribution in [0.2, 0.25) is 0 Å². The molecule has 3 rings (SSSR count). The molecule has 1 N–H and O–H groups in total. The summed E-state index contributed by atoms with van der Waals surface area (Å²) in [6, 6.07) is 4.54. The van der Waals surface area contributed by atoms with Gasteiger partial charge in [0.05, 0.1) is 17.8 Å². The maximum atomic E-state index is 13.6. The van der Waals surface area contributed by atoms with E-state index in [0.717, 1.165) is 24.3 Å². The highest BCUT2D eigenvalue weighted by atomic mass is 32.1. The maximum Gasteiger partial charge on any atom is 0.234 e. The Morgan fingerprint density at radius 3 is 2.91 bits per heavy atom. The monoisotopic (exact) mass is 335 g/mol. The molecule has 0 saturated carbocycles. The molecule has 122 valence electrons. The molecule has 2 aromatic rings. The van der Waals surface area contributed by atoms with Crippen LogP contribution in [-0.4, -0.2) is 43.3 Å². The summed E-state index contributed by atoms with van der Waals surface area (Å²) in [6.07, 6.45) is 1.02. The van der Waals surface area contributed by atoms with E-state index in [4.69, 9.17) is 0 Å². The maximum absolute atomic E-state index is 13.6. The van der Waals surface area contributed by atoms with Gasteiger partial charge in [0.2, 0.25) is 11.0 Å². The molecule has 0 bridgehead atoms. The van der Waals surface area contributed by atoms with E-state index in [9.17, 15) is 9.18 Å². The van der Waals surface area contributed by atoms with Crippen LogP contribution in [0.25, 0.3) is 0 Å². The van der Waals surface area contributed by atoms with Crippen LogP contribution in [0.5, 0.6) is 0 Å². The number of carbonyl (C=O) groups is 1. The molecule has 0 radical (unpaired) electrons. The van der Waals surface area contributed by atoms with Crippen molar-refractivity contribution in [3.8, 4) is 0 Å². The van der Waals surface area contributed by atoms with Crippen molar-refractivity contribution in [1.82, 2.24) is 10.2 Å². The summed E-state index contributed by atoms with van der Waals surface area (Å²) in [5, 5.41) is 12.2. The highest BCUT2D eigenvalue weighted by Gasteiger charge is 2.24.